The van der Waals surface area contributed by atoms with Crippen molar-refractivity contribution in [2.45, 2.75) is 19.8 Å². The number of hydrogen-bond donors (Lipinski definition) is 2. The van der Waals surface area contributed by atoms with E-state index in [2.05, 4.69) is 38.5 Å². The number of rotatable bonds is 8. The lowest BCUT2D eigenvalue weighted by molar-refractivity contribution is 0.0947. The van der Waals surface area contributed by atoms with Gasteiger partial charge in [-0.3, -0.25) is 4.79 Å². The highest BCUT2D eigenvalue weighted by Crippen LogP contribution is 2.19. The van der Waals surface area contributed by atoms with Crippen LogP contribution in [0.4, 0.5) is 11.5 Å². The molecule has 2 rings (SSSR count). The molecule has 0 fully saturated rings. The highest BCUT2D eigenvalue weighted by molar-refractivity contribution is 5.92. The van der Waals surface area contributed by atoms with Gasteiger partial charge in [0, 0.05) is 18.3 Å². The van der Waals surface area contributed by atoms with Gasteiger partial charge in [-0.1, -0.05) is 25.1 Å². The van der Waals surface area contributed by atoms with E-state index >= 15 is 0 Å². The van der Waals surface area contributed by atoms with Gasteiger partial charge in [0.05, 0.1) is 0 Å². The molecule has 0 bridgehead atoms. The third-order valence-electron chi connectivity index (χ3n) is 3.63. The van der Waals surface area contributed by atoms with Crippen molar-refractivity contribution >= 4 is 17.4 Å². The molecule has 1 heterocycles. The molecule has 0 spiro atoms. The molecule has 0 aliphatic carbocycles. The summed E-state index contributed by atoms with van der Waals surface area (Å²) < 4.78 is 0. The first-order valence-corrected chi connectivity index (χ1v) is 8.20. The smallest absolute Gasteiger partial charge is 0.270 e. The van der Waals surface area contributed by atoms with Crippen molar-refractivity contribution in [2.24, 2.45) is 0 Å². The Hall–Kier alpha value is -2.47. The van der Waals surface area contributed by atoms with Crippen molar-refractivity contribution in [1.29, 1.82) is 0 Å². The van der Waals surface area contributed by atoms with Crippen LogP contribution in [-0.4, -0.2) is 48.0 Å². The average molecular weight is 327 g/mol. The van der Waals surface area contributed by atoms with Gasteiger partial charge < -0.3 is 15.5 Å². The minimum absolute atomic E-state index is 0.178. The molecule has 0 aliphatic rings. The number of aryl methyl sites for hydroxylation is 1. The summed E-state index contributed by atoms with van der Waals surface area (Å²) in [5.74, 6) is 0.437. The lowest BCUT2D eigenvalue weighted by Crippen LogP contribution is -2.27. The predicted molar refractivity (Wildman–Crippen MR) is 96.6 cm³/mol. The molecule has 0 aliphatic heterocycles. The summed E-state index contributed by atoms with van der Waals surface area (Å²) in [6.07, 6.45) is 3.23. The van der Waals surface area contributed by atoms with E-state index in [1.165, 1.54) is 11.9 Å². The zero-order valence-electron chi connectivity index (χ0n) is 14.5. The molecule has 0 saturated carbocycles. The second-order valence-electron chi connectivity index (χ2n) is 5.84. The maximum atomic E-state index is 12.2. The molecule has 0 saturated heterocycles. The van der Waals surface area contributed by atoms with Crippen molar-refractivity contribution in [3.63, 3.8) is 0 Å². The molecule has 6 heteroatoms. The molecule has 128 valence electrons. The van der Waals surface area contributed by atoms with E-state index < -0.39 is 0 Å². The first-order chi connectivity index (χ1) is 11.6. The molecule has 2 N–H and O–H groups in total. The zero-order valence-corrected chi connectivity index (χ0v) is 14.5. The van der Waals surface area contributed by atoms with Gasteiger partial charge in [0.1, 0.15) is 17.8 Å². The summed E-state index contributed by atoms with van der Waals surface area (Å²) in [6, 6.07) is 9.73. The number of nitrogens with zero attached hydrogens (tertiary/aromatic N) is 3. The Morgan fingerprint density at radius 3 is 2.75 bits per heavy atom. The van der Waals surface area contributed by atoms with E-state index in [0.717, 1.165) is 25.1 Å². The summed E-state index contributed by atoms with van der Waals surface area (Å²) in [5, 5.41) is 6.15. The Kier molecular flexibility index (Phi) is 6.69. The summed E-state index contributed by atoms with van der Waals surface area (Å²) in [4.78, 5) is 22.5. The summed E-state index contributed by atoms with van der Waals surface area (Å²) in [7, 11) is 4.02. The highest BCUT2D eigenvalue weighted by atomic mass is 16.1. The monoisotopic (exact) mass is 327 g/mol. The molecule has 2 aromatic rings. The van der Waals surface area contributed by atoms with E-state index in [1.807, 2.05) is 32.3 Å². The molecule has 0 atom stereocenters. The van der Waals surface area contributed by atoms with Gasteiger partial charge >= 0.3 is 0 Å². The fraction of sp³-hybridized carbons (Fsp3) is 0.389. The SMILES string of the molecule is CCc1ccccc1Nc1cc(C(=O)NCCCN(C)C)ncn1. The number of benzene rings is 1. The molecule has 24 heavy (non-hydrogen) atoms. The standard InChI is InChI=1S/C18H25N5O/c1-4-14-8-5-6-9-15(14)22-17-12-16(20-13-21-17)18(24)19-10-7-11-23(2)3/h5-6,8-9,12-13H,4,7,10-11H2,1-3H3,(H,19,24)(H,20,21,22). The Morgan fingerprint density at radius 2 is 2.00 bits per heavy atom. The Balaban J connectivity index is 1.99. The minimum Gasteiger partial charge on any atom is -0.351 e. The number of amides is 1. The highest BCUT2D eigenvalue weighted by Gasteiger charge is 2.09. The van der Waals surface area contributed by atoms with Crippen LogP contribution >= 0.6 is 0 Å². The minimum atomic E-state index is -0.178. The first-order valence-electron chi connectivity index (χ1n) is 8.20. The lowest BCUT2D eigenvalue weighted by Gasteiger charge is -2.11. The van der Waals surface area contributed by atoms with E-state index in [4.69, 9.17) is 0 Å². The second-order valence-corrected chi connectivity index (χ2v) is 5.84. The van der Waals surface area contributed by atoms with Crippen molar-refractivity contribution in [3.05, 3.63) is 47.9 Å². The van der Waals surface area contributed by atoms with Crippen LogP contribution in [0, 0.1) is 0 Å². The number of carbonyl (C=O) groups is 1. The molecular weight excluding hydrogens is 302 g/mol. The van der Waals surface area contributed by atoms with E-state index in [-0.39, 0.29) is 5.91 Å². The van der Waals surface area contributed by atoms with Crippen molar-refractivity contribution in [1.82, 2.24) is 20.2 Å². The van der Waals surface area contributed by atoms with Gasteiger partial charge in [-0.05, 0) is 45.1 Å². The quantitative estimate of drug-likeness (QED) is 0.729. The summed E-state index contributed by atoms with van der Waals surface area (Å²) >= 11 is 0. The summed E-state index contributed by atoms with van der Waals surface area (Å²) in [6.45, 7) is 3.67. The molecule has 6 nitrogen and oxygen atoms in total. The van der Waals surface area contributed by atoms with Gasteiger partial charge in [-0.25, -0.2) is 9.97 Å². The van der Waals surface area contributed by atoms with Gasteiger partial charge in [0.15, 0.2) is 0 Å². The van der Waals surface area contributed by atoms with Crippen LogP contribution in [-0.2, 0) is 6.42 Å². The molecule has 1 aromatic heterocycles. The maximum absolute atomic E-state index is 12.2. The topological polar surface area (TPSA) is 70.2 Å². The van der Waals surface area contributed by atoms with Crippen molar-refractivity contribution in [2.75, 3.05) is 32.5 Å². The van der Waals surface area contributed by atoms with Gasteiger partial charge in [0.2, 0.25) is 0 Å². The molecule has 0 radical (unpaired) electrons. The molecule has 1 amide bonds. The number of aromatic nitrogens is 2. The number of para-hydroxylation sites is 1. The molecule has 0 unspecified atom stereocenters. The largest absolute Gasteiger partial charge is 0.351 e. The fourth-order valence-corrected chi connectivity index (χ4v) is 2.33. The number of anilines is 2. The third kappa shape index (κ3) is 5.31. The van der Waals surface area contributed by atoms with Crippen molar-refractivity contribution < 1.29 is 4.79 Å². The maximum Gasteiger partial charge on any atom is 0.270 e. The summed E-state index contributed by atoms with van der Waals surface area (Å²) in [5.41, 5.74) is 2.56. The van der Waals surface area contributed by atoms with E-state index in [0.29, 0.717) is 18.1 Å². The van der Waals surface area contributed by atoms with Crippen molar-refractivity contribution in [3.8, 4) is 0 Å². The Morgan fingerprint density at radius 1 is 1.21 bits per heavy atom. The normalized spacial score (nSPS) is 10.7. The lowest BCUT2D eigenvalue weighted by atomic mass is 10.1. The molecule has 1 aromatic carbocycles. The van der Waals surface area contributed by atoms with Crippen LogP contribution in [0.2, 0.25) is 0 Å². The van der Waals surface area contributed by atoms with Gasteiger partial charge in [-0.15, -0.1) is 0 Å². The second kappa shape index (κ2) is 8.98. The van der Waals surface area contributed by atoms with E-state index in [9.17, 15) is 4.79 Å². The number of carbonyl (C=O) groups excluding carboxylic acids is 1. The zero-order chi connectivity index (χ0) is 17.4. The van der Waals surface area contributed by atoms with Gasteiger partial charge in [-0.2, -0.15) is 0 Å². The van der Waals surface area contributed by atoms with Crippen LogP contribution in [0.3, 0.4) is 0 Å². The van der Waals surface area contributed by atoms with Crippen LogP contribution in [0.1, 0.15) is 29.4 Å². The van der Waals surface area contributed by atoms with E-state index in [1.54, 1.807) is 6.07 Å². The Bertz CT molecular complexity index is 672. The molecular formula is C18H25N5O. The van der Waals surface area contributed by atoms with Crippen LogP contribution < -0.4 is 10.6 Å². The third-order valence-corrected chi connectivity index (χ3v) is 3.63. The van der Waals surface area contributed by atoms with Crippen LogP contribution in [0.15, 0.2) is 36.7 Å². The Labute approximate surface area is 143 Å². The average Bonchev–Trinajstić information content (AvgIpc) is 2.59. The number of nitrogens with one attached hydrogen (secondary N) is 2. The fourth-order valence-electron chi connectivity index (χ4n) is 2.33. The number of hydrogen-bond acceptors (Lipinski definition) is 5. The first kappa shape index (κ1) is 17.9. The van der Waals surface area contributed by atoms with Crippen LogP contribution in [0.25, 0.3) is 0 Å². The van der Waals surface area contributed by atoms with Gasteiger partial charge in [0.25, 0.3) is 5.91 Å². The predicted octanol–water partition coefficient (Wildman–Crippen LogP) is 2.46. The van der Waals surface area contributed by atoms with Crippen LogP contribution in [0.5, 0.6) is 0 Å².